The number of carbonyl (C=O) groups is 1. The Labute approximate surface area is 187 Å². The molecular formula is C27H26N4O. The molecule has 5 nitrogen and oxygen atoms in total. The van der Waals surface area contributed by atoms with E-state index in [2.05, 4.69) is 69.0 Å². The van der Waals surface area contributed by atoms with Gasteiger partial charge in [0, 0.05) is 37.3 Å². The van der Waals surface area contributed by atoms with E-state index in [-0.39, 0.29) is 0 Å². The summed E-state index contributed by atoms with van der Waals surface area (Å²) in [4.78, 5) is 24.0. The molecule has 2 aromatic heterocycles. The summed E-state index contributed by atoms with van der Waals surface area (Å²) in [6.07, 6.45) is 4.99. The second-order valence-electron chi connectivity index (χ2n) is 9.05. The summed E-state index contributed by atoms with van der Waals surface area (Å²) in [5, 5.41) is 0. The van der Waals surface area contributed by atoms with Crippen molar-refractivity contribution in [1.82, 2.24) is 19.4 Å². The van der Waals surface area contributed by atoms with Gasteiger partial charge in [-0.05, 0) is 48.4 Å². The van der Waals surface area contributed by atoms with Crippen LogP contribution >= 0.6 is 0 Å². The summed E-state index contributed by atoms with van der Waals surface area (Å²) in [6, 6.07) is 23.1. The zero-order chi connectivity index (χ0) is 21.5. The van der Waals surface area contributed by atoms with Crippen molar-refractivity contribution >= 4 is 17.1 Å². The quantitative estimate of drug-likeness (QED) is 0.454. The summed E-state index contributed by atoms with van der Waals surface area (Å²) < 4.78 is 2.30. The molecule has 2 fully saturated rings. The highest BCUT2D eigenvalue weighted by Crippen LogP contribution is 2.34. The molecule has 0 unspecified atom stereocenters. The monoisotopic (exact) mass is 422 g/mol. The molecule has 0 bridgehead atoms. The van der Waals surface area contributed by atoms with Crippen molar-refractivity contribution in [2.45, 2.75) is 25.8 Å². The zero-order valence-corrected chi connectivity index (χ0v) is 18.0. The molecule has 1 atom stereocenters. The third kappa shape index (κ3) is 3.58. The fraction of sp³-hybridized carbons (Fsp3) is 0.296. The minimum absolute atomic E-state index is 0.297. The van der Waals surface area contributed by atoms with Crippen LogP contribution in [0.3, 0.4) is 0 Å². The Bertz CT molecular complexity index is 1260. The van der Waals surface area contributed by atoms with E-state index in [0.717, 1.165) is 61.4 Å². The normalized spacial score (nSPS) is 18.4. The second-order valence-corrected chi connectivity index (χ2v) is 9.05. The number of rotatable bonds is 5. The van der Waals surface area contributed by atoms with Gasteiger partial charge in [0.15, 0.2) is 5.65 Å². The van der Waals surface area contributed by atoms with Gasteiger partial charge in [-0.25, -0.2) is 9.97 Å². The van der Waals surface area contributed by atoms with Crippen LogP contribution in [0.5, 0.6) is 0 Å². The highest BCUT2D eigenvalue weighted by atomic mass is 16.2. The minimum Gasteiger partial charge on any atom is -0.342 e. The van der Waals surface area contributed by atoms with Crippen molar-refractivity contribution in [2.24, 2.45) is 11.8 Å². The molecular weight excluding hydrogens is 396 g/mol. The van der Waals surface area contributed by atoms with Crippen molar-refractivity contribution < 1.29 is 4.79 Å². The van der Waals surface area contributed by atoms with Crippen LogP contribution in [0.1, 0.15) is 19.3 Å². The topological polar surface area (TPSA) is 51.0 Å². The summed E-state index contributed by atoms with van der Waals surface area (Å²) in [5.74, 6) is 2.05. The molecule has 1 aliphatic heterocycles. The third-order valence-corrected chi connectivity index (χ3v) is 6.74. The first-order chi connectivity index (χ1) is 15.8. The Morgan fingerprint density at radius 3 is 2.41 bits per heavy atom. The molecule has 0 N–H and O–H groups in total. The number of likely N-dealkylation sites (tertiary alicyclic amines) is 1. The smallest absolute Gasteiger partial charge is 0.225 e. The molecule has 5 heteroatoms. The van der Waals surface area contributed by atoms with Crippen molar-refractivity contribution in [1.29, 1.82) is 0 Å². The summed E-state index contributed by atoms with van der Waals surface area (Å²) in [7, 11) is 0. The van der Waals surface area contributed by atoms with Crippen LogP contribution in [0, 0.1) is 11.8 Å². The second kappa shape index (κ2) is 7.90. The Kier molecular flexibility index (Phi) is 4.75. The Morgan fingerprint density at radius 1 is 0.875 bits per heavy atom. The number of benzene rings is 2. The molecule has 3 heterocycles. The van der Waals surface area contributed by atoms with E-state index in [1.807, 2.05) is 12.1 Å². The van der Waals surface area contributed by atoms with Gasteiger partial charge in [-0.15, -0.1) is 0 Å². The Balaban J connectivity index is 1.30. The van der Waals surface area contributed by atoms with E-state index in [1.54, 1.807) is 6.20 Å². The van der Waals surface area contributed by atoms with Gasteiger partial charge in [0.05, 0.1) is 5.52 Å². The van der Waals surface area contributed by atoms with Crippen LogP contribution in [0.15, 0.2) is 72.9 Å². The standard InChI is InChI=1S/C27H26N4O/c32-27(23-12-13-23)30-16-14-19(17-30)18-31-24-7-4-15-28-25(24)29-26(31)22-10-8-21(9-11-22)20-5-2-1-3-6-20/h1-11,15,19,23H,12-14,16-18H2/t19-/m0/s1. The molecule has 2 aliphatic rings. The third-order valence-electron chi connectivity index (χ3n) is 6.74. The van der Waals surface area contributed by atoms with Crippen LogP contribution in [0.2, 0.25) is 0 Å². The maximum atomic E-state index is 12.5. The summed E-state index contributed by atoms with van der Waals surface area (Å²) in [6.45, 7) is 2.58. The average Bonchev–Trinajstić information content (AvgIpc) is 3.49. The van der Waals surface area contributed by atoms with Crippen molar-refractivity contribution in [2.75, 3.05) is 13.1 Å². The molecule has 0 radical (unpaired) electrons. The lowest BCUT2D eigenvalue weighted by atomic mass is 10.0. The number of fused-ring (bicyclic) bond motifs is 1. The lowest BCUT2D eigenvalue weighted by molar-refractivity contribution is -0.131. The van der Waals surface area contributed by atoms with Crippen molar-refractivity contribution in [3.63, 3.8) is 0 Å². The van der Waals surface area contributed by atoms with Crippen molar-refractivity contribution in [3.05, 3.63) is 72.9 Å². The van der Waals surface area contributed by atoms with E-state index >= 15 is 0 Å². The molecule has 6 rings (SSSR count). The van der Waals surface area contributed by atoms with Crippen LogP contribution in [-0.2, 0) is 11.3 Å². The molecule has 1 saturated carbocycles. The Hall–Kier alpha value is -3.47. The number of carbonyl (C=O) groups excluding carboxylic acids is 1. The molecule has 32 heavy (non-hydrogen) atoms. The van der Waals surface area contributed by atoms with Gasteiger partial charge in [0.25, 0.3) is 0 Å². The number of amides is 1. The molecule has 160 valence electrons. The van der Waals surface area contributed by atoms with Gasteiger partial charge in [-0.2, -0.15) is 0 Å². The van der Waals surface area contributed by atoms with E-state index < -0.39 is 0 Å². The molecule has 2 aromatic carbocycles. The first-order valence-corrected chi connectivity index (χ1v) is 11.5. The number of nitrogens with zero attached hydrogens (tertiary/aromatic N) is 4. The number of pyridine rings is 1. The summed E-state index contributed by atoms with van der Waals surface area (Å²) in [5.41, 5.74) is 5.33. The lowest BCUT2D eigenvalue weighted by Gasteiger charge is -2.17. The number of imidazole rings is 1. The lowest BCUT2D eigenvalue weighted by Crippen LogP contribution is -2.30. The largest absolute Gasteiger partial charge is 0.342 e. The van der Waals surface area contributed by atoms with Crippen LogP contribution in [0.4, 0.5) is 0 Å². The van der Waals surface area contributed by atoms with Gasteiger partial charge >= 0.3 is 0 Å². The predicted molar refractivity (Wildman–Crippen MR) is 126 cm³/mol. The van der Waals surface area contributed by atoms with E-state index in [9.17, 15) is 4.79 Å². The van der Waals surface area contributed by atoms with E-state index in [4.69, 9.17) is 4.98 Å². The fourth-order valence-electron chi connectivity index (χ4n) is 4.84. The summed E-state index contributed by atoms with van der Waals surface area (Å²) >= 11 is 0. The van der Waals surface area contributed by atoms with Crippen LogP contribution in [0.25, 0.3) is 33.7 Å². The first kappa shape index (κ1) is 19.2. The highest BCUT2D eigenvalue weighted by molar-refractivity contribution is 5.81. The van der Waals surface area contributed by atoms with Crippen molar-refractivity contribution in [3.8, 4) is 22.5 Å². The Morgan fingerprint density at radius 2 is 1.62 bits per heavy atom. The van der Waals surface area contributed by atoms with Gasteiger partial charge in [0.2, 0.25) is 5.91 Å². The molecule has 4 aromatic rings. The van der Waals surface area contributed by atoms with E-state index in [0.29, 0.717) is 17.7 Å². The number of aromatic nitrogens is 3. The maximum absolute atomic E-state index is 12.5. The minimum atomic E-state index is 0.297. The van der Waals surface area contributed by atoms with Crippen LogP contribution in [-0.4, -0.2) is 38.4 Å². The first-order valence-electron chi connectivity index (χ1n) is 11.5. The highest BCUT2D eigenvalue weighted by Gasteiger charge is 2.36. The fourth-order valence-corrected chi connectivity index (χ4v) is 4.84. The molecule has 1 aliphatic carbocycles. The van der Waals surface area contributed by atoms with Gasteiger partial charge in [0.1, 0.15) is 5.82 Å². The number of hydrogen-bond acceptors (Lipinski definition) is 3. The van der Waals surface area contributed by atoms with Gasteiger partial charge in [-0.1, -0.05) is 54.6 Å². The number of hydrogen-bond donors (Lipinski definition) is 0. The predicted octanol–water partition coefficient (Wildman–Crippen LogP) is 5.02. The maximum Gasteiger partial charge on any atom is 0.225 e. The molecule has 1 amide bonds. The molecule has 1 saturated heterocycles. The van der Waals surface area contributed by atoms with Gasteiger partial charge in [-0.3, -0.25) is 4.79 Å². The molecule has 0 spiro atoms. The van der Waals surface area contributed by atoms with Gasteiger partial charge < -0.3 is 9.47 Å². The average molecular weight is 423 g/mol. The zero-order valence-electron chi connectivity index (χ0n) is 18.0. The SMILES string of the molecule is O=C(C1CC1)N1CC[C@H](Cn2c(-c3ccc(-c4ccccc4)cc3)nc3ncccc32)C1. The van der Waals surface area contributed by atoms with E-state index in [1.165, 1.54) is 11.1 Å². The van der Waals surface area contributed by atoms with Crippen LogP contribution < -0.4 is 0 Å².